The van der Waals surface area contributed by atoms with Gasteiger partial charge in [0.25, 0.3) is 0 Å². The summed E-state index contributed by atoms with van der Waals surface area (Å²) in [6, 6.07) is 14.4. The van der Waals surface area contributed by atoms with E-state index in [9.17, 15) is 4.79 Å². The van der Waals surface area contributed by atoms with Crippen molar-refractivity contribution in [2.24, 2.45) is 5.41 Å². The van der Waals surface area contributed by atoms with Gasteiger partial charge in [-0.05, 0) is 16.3 Å². The molecule has 1 aliphatic heterocycles. The van der Waals surface area contributed by atoms with E-state index in [0.717, 1.165) is 18.8 Å². The van der Waals surface area contributed by atoms with Crippen LogP contribution in [0, 0.1) is 5.41 Å². The predicted octanol–water partition coefficient (Wildman–Crippen LogP) is 2.54. The molecule has 0 atom stereocenters. The molecule has 2 aromatic carbocycles. The van der Waals surface area contributed by atoms with Gasteiger partial charge in [-0.2, -0.15) is 0 Å². The van der Waals surface area contributed by atoms with Crippen LogP contribution in [0.3, 0.4) is 0 Å². The molecule has 1 aliphatic rings. The smallest absolute Gasteiger partial charge is 0.224 e. The zero-order valence-corrected chi connectivity index (χ0v) is 11.7. The van der Waals surface area contributed by atoms with Crippen molar-refractivity contribution in [1.82, 2.24) is 5.32 Å². The van der Waals surface area contributed by atoms with E-state index in [1.807, 2.05) is 18.2 Å². The molecule has 0 aromatic heterocycles. The quantitative estimate of drug-likeness (QED) is 0.926. The third kappa shape index (κ3) is 2.83. The number of hydrogen-bond acceptors (Lipinski definition) is 2. The molecule has 2 aromatic rings. The van der Waals surface area contributed by atoms with Crippen molar-refractivity contribution >= 4 is 16.7 Å². The van der Waals surface area contributed by atoms with Gasteiger partial charge in [0.1, 0.15) is 0 Å². The van der Waals surface area contributed by atoms with Crippen LogP contribution in [0.4, 0.5) is 0 Å². The van der Waals surface area contributed by atoms with Gasteiger partial charge in [-0.1, -0.05) is 49.4 Å². The summed E-state index contributed by atoms with van der Waals surface area (Å²) in [4.78, 5) is 12.0. The van der Waals surface area contributed by atoms with Gasteiger partial charge >= 0.3 is 0 Å². The number of carbonyl (C=O) groups is 1. The topological polar surface area (TPSA) is 38.3 Å². The van der Waals surface area contributed by atoms with Crippen LogP contribution < -0.4 is 5.32 Å². The van der Waals surface area contributed by atoms with Gasteiger partial charge in [0.05, 0.1) is 19.6 Å². The normalized spacial score (nSPS) is 16.6. The van der Waals surface area contributed by atoms with E-state index in [0.29, 0.717) is 13.0 Å². The van der Waals surface area contributed by atoms with E-state index < -0.39 is 0 Å². The maximum absolute atomic E-state index is 12.0. The molecule has 3 rings (SSSR count). The van der Waals surface area contributed by atoms with Crippen molar-refractivity contribution in [2.45, 2.75) is 13.3 Å². The van der Waals surface area contributed by atoms with E-state index in [1.54, 1.807) is 0 Å². The molecule has 0 saturated carbocycles. The van der Waals surface area contributed by atoms with E-state index in [2.05, 4.69) is 36.5 Å². The Morgan fingerprint density at radius 3 is 2.65 bits per heavy atom. The highest BCUT2D eigenvalue weighted by atomic mass is 16.5. The Balaban J connectivity index is 1.62. The van der Waals surface area contributed by atoms with Crippen molar-refractivity contribution in [3.8, 4) is 0 Å². The summed E-state index contributed by atoms with van der Waals surface area (Å²) in [5, 5.41) is 5.39. The highest BCUT2D eigenvalue weighted by Gasteiger charge is 2.33. The first-order valence-corrected chi connectivity index (χ1v) is 6.97. The highest BCUT2D eigenvalue weighted by Crippen LogP contribution is 2.25. The summed E-state index contributed by atoms with van der Waals surface area (Å²) < 4.78 is 5.19. The van der Waals surface area contributed by atoms with Gasteiger partial charge in [-0.25, -0.2) is 0 Å². The Kier molecular flexibility index (Phi) is 3.45. The van der Waals surface area contributed by atoms with Gasteiger partial charge in [-0.3, -0.25) is 4.79 Å². The lowest BCUT2D eigenvalue weighted by atomic mass is 9.88. The van der Waals surface area contributed by atoms with Crippen LogP contribution >= 0.6 is 0 Å². The van der Waals surface area contributed by atoms with Crippen LogP contribution in [0.25, 0.3) is 10.8 Å². The molecule has 1 fully saturated rings. The molecule has 0 aliphatic carbocycles. The Bertz CT molecular complexity index is 632. The maximum Gasteiger partial charge on any atom is 0.224 e. The number of hydrogen-bond donors (Lipinski definition) is 1. The molecular formula is C17H19NO2. The molecule has 20 heavy (non-hydrogen) atoms. The zero-order valence-electron chi connectivity index (χ0n) is 11.7. The minimum absolute atomic E-state index is 0.0772. The monoisotopic (exact) mass is 269 g/mol. The van der Waals surface area contributed by atoms with Gasteiger partial charge in [0.2, 0.25) is 5.91 Å². The maximum atomic E-state index is 12.0. The van der Waals surface area contributed by atoms with Crippen LogP contribution in [0.2, 0.25) is 0 Å². The lowest BCUT2D eigenvalue weighted by Crippen LogP contribution is -2.48. The van der Waals surface area contributed by atoms with Gasteiger partial charge < -0.3 is 10.1 Å². The summed E-state index contributed by atoms with van der Waals surface area (Å²) in [5.41, 5.74) is 1.18. The van der Waals surface area contributed by atoms with Crippen LogP contribution in [-0.4, -0.2) is 25.7 Å². The predicted molar refractivity (Wildman–Crippen MR) is 79.6 cm³/mol. The van der Waals surface area contributed by atoms with Crippen LogP contribution in [0.15, 0.2) is 42.5 Å². The molecule has 0 radical (unpaired) electrons. The first kappa shape index (κ1) is 13.1. The summed E-state index contributed by atoms with van der Waals surface area (Å²) in [6.07, 6.45) is 0.432. The number of amides is 1. The van der Waals surface area contributed by atoms with E-state index in [4.69, 9.17) is 4.74 Å². The number of ether oxygens (including phenoxy) is 1. The van der Waals surface area contributed by atoms with Crippen molar-refractivity contribution in [3.05, 3.63) is 48.0 Å². The van der Waals surface area contributed by atoms with Gasteiger partial charge in [-0.15, -0.1) is 0 Å². The second-order valence-electron chi connectivity index (χ2n) is 5.94. The van der Waals surface area contributed by atoms with Crippen LogP contribution in [0.1, 0.15) is 12.5 Å². The van der Waals surface area contributed by atoms with Crippen molar-refractivity contribution in [2.75, 3.05) is 19.8 Å². The van der Waals surface area contributed by atoms with Crippen LogP contribution in [-0.2, 0) is 16.0 Å². The Labute approximate surface area is 118 Å². The van der Waals surface area contributed by atoms with E-state index in [1.165, 1.54) is 10.8 Å². The Hall–Kier alpha value is -1.87. The number of rotatable bonds is 4. The number of carbonyl (C=O) groups excluding carboxylic acids is 1. The zero-order chi connectivity index (χ0) is 14.0. The van der Waals surface area contributed by atoms with Crippen molar-refractivity contribution in [1.29, 1.82) is 0 Å². The van der Waals surface area contributed by atoms with E-state index in [-0.39, 0.29) is 11.3 Å². The second-order valence-corrected chi connectivity index (χ2v) is 5.94. The fourth-order valence-corrected chi connectivity index (χ4v) is 2.46. The lowest BCUT2D eigenvalue weighted by molar-refractivity contribution is -0.126. The summed E-state index contributed by atoms with van der Waals surface area (Å²) >= 11 is 0. The molecule has 0 bridgehead atoms. The molecular weight excluding hydrogens is 250 g/mol. The van der Waals surface area contributed by atoms with Gasteiger partial charge in [0, 0.05) is 12.0 Å². The average molecular weight is 269 g/mol. The first-order chi connectivity index (χ1) is 9.65. The molecule has 1 N–H and O–H groups in total. The Morgan fingerprint density at radius 2 is 1.95 bits per heavy atom. The minimum Gasteiger partial charge on any atom is -0.380 e. The molecule has 1 heterocycles. The fourth-order valence-electron chi connectivity index (χ4n) is 2.46. The lowest BCUT2D eigenvalue weighted by Gasteiger charge is -2.38. The SMILES string of the molecule is CC1(CNC(=O)Cc2ccc3ccccc3c2)COC1. The molecule has 3 heteroatoms. The van der Waals surface area contributed by atoms with Crippen molar-refractivity contribution in [3.63, 3.8) is 0 Å². The molecule has 0 spiro atoms. The number of nitrogens with one attached hydrogen (secondary N) is 1. The summed E-state index contributed by atoms with van der Waals surface area (Å²) in [7, 11) is 0. The minimum atomic E-state index is 0.0772. The molecule has 0 unspecified atom stereocenters. The summed E-state index contributed by atoms with van der Waals surface area (Å²) in [5.74, 6) is 0.0772. The van der Waals surface area contributed by atoms with Crippen molar-refractivity contribution < 1.29 is 9.53 Å². The number of fused-ring (bicyclic) bond motifs is 1. The van der Waals surface area contributed by atoms with Crippen LogP contribution in [0.5, 0.6) is 0 Å². The fraction of sp³-hybridized carbons (Fsp3) is 0.353. The third-order valence-electron chi connectivity index (χ3n) is 3.79. The molecule has 1 saturated heterocycles. The largest absolute Gasteiger partial charge is 0.380 e. The third-order valence-corrected chi connectivity index (χ3v) is 3.79. The standard InChI is InChI=1S/C17H19NO2/c1-17(11-20-12-17)10-18-16(19)9-13-6-7-14-4-2-3-5-15(14)8-13/h2-8H,9-12H2,1H3,(H,18,19). The molecule has 104 valence electrons. The molecule has 1 amide bonds. The highest BCUT2D eigenvalue weighted by molar-refractivity contribution is 5.85. The number of benzene rings is 2. The van der Waals surface area contributed by atoms with Gasteiger partial charge in [0.15, 0.2) is 0 Å². The molecule has 3 nitrogen and oxygen atoms in total. The summed E-state index contributed by atoms with van der Waals surface area (Å²) in [6.45, 7) is 4.30. The second kappa shape index (κ2) is 5.25. The average Bonchev–Trinajstić information content (AvgIpc) is 2.43. The van der Waals surface area contributed by atoms with E-state index >= 15 is 0 Å². The first-order valence-electron chi connectivity index (χ1n) is 6.97. The Morgan fingerprint density at radius 1 is 1.20 bits per heavy atom.